The molecule has 5 nitrogen and oxygen atoms in total. The van der Waals surface area contributed by atoms with Gasteiger partial charge in [-0.15, -0.1) is 0 Å². The third kappa shape index (κ3) is 1.44. The number of aliphatic hydroxyl groups is 3. The summed E-state index contributed by atoms with van der Waals surface area (Å²) in [6.45, 7) is -0.185. The predicted octanol–water partition coefficient (Wildman–Crippen LogP) is -1.26. The Kier molecular flexibility index (Phi) is 2.56. The van der Waals surface area contributed by atoms with E-state index < -0.39 is 18.2 Å². The standard InChI is InChI=1S/C9H14N2O3/c12-4-6-8(13)9(14)7(11-6)5-2-1-3-10-5/h1-3,6-14H,4H2/t6-,7-,8+,9+/m1/s1. The first-order chi connectivity index (χ1) is 6.74. The maximum absolute atomic E-state index is 9.69. The van der Waals surface area contributed by atoms with Gasteiger partial charge < -0.3 is 20.3 Å². The van der Waals surface area contributed by atoms with Crippen LogP contribution in [0.3, 0.4) is 0 Å². The van der Waals surface area contributed by atoms with Gasteiger partial charge in [-0.25, -0.2) is 0 Å². The molecule has 5 heteroatoms. The molecule has 1 saturated heterocycles. The molecular formula is C9H14N2O3. The van der Waals surface area contributed by atoms with Crippen LogP contribution in [0.1, 0.15) is 11.7 Å². The molecule has 78 valence electrons. The van der Waals surface area contributed by atoms with E-state index in [-0.39, 0.29) is 12.6 Å². The van der Waals surface area contributed by atoms with Gasteiger partial charge in [0, 0.05) is 11.9 Å². The zero-order valence-electron chi connectivity index (χ0n) is 7.59. The molecule has 0 spiro atoms. The Labute approximate surface area is 81.4 Å². The average molecular weight is 198 g/mol. The highest BCUT2D eigenvalue weighted by atomic mass is 16.3. The summed E-state index contributed by atoms with van der Waals surface area (Å²) in [6, 6.07) is 2.85. The van der Waals surface area contributed by atoms with Crippen LogP contribution in [0.2, 0.25) is 0 Å². The second-order valence-electron chi connectivity index (χ2n) is 3.54. The van der Waals surface area contributed by atoms with Crippen LogP contribution in [0.25, 0.3) is 0 Å². The normalized spacial score (nSPS) is 37.6. The summed E-state index contributed by atoms with van der Waals surface area (Å²) in [7, 11) is 0. The molecule has 0 radical (unpaired) electrons. The molecule has 0 bridgehead atoms. The zero-order chi connectivity index (χ0) is 10.1. The molecule has 0 saturated carbocycles. The lowest BCUT2D eigenvalue weighted by Gasteiger charge is -2.13. The molecule has 1 fully saturated rings. The Balaban J connectivity index is 2.16. The van der Waals surface area contributed by atoms with Gasteiger partial charge in [0.05, 0.1) is 24.8 Å². The zero-order valence-corrected chi connectivity index (χ0v) is 7.59. The van der Waals surface area contributed by atoms with E-state index in [9.17, 15) is 10.2 Å². The van der Waals surface area contributed by atoms with Gasteiger partial charge in [-0.3, -0.25) is 5.32 Å². The van der Waals surface area contributed by atoms with Crippen molar-refractivity contribution in [2.24, 2.45) is 0 Å². The molecule has 0 aromatic carbocycles. The minimum atomic E-state index is -0.923. The molecule has 1 aliphatic rings. The van der Waals surface area contributed by atoms with E-state index in [0.29, 0.717) is 0 Å². The van der Waals surface area contributed by atoms with Gasteiger partial charge in [-0.2, -0.15) is 0 Å². The van der Waals surface area contributed by atoms with Gasteiger partial charge in [-0.05, 0) is 12.1 Å². The minimum absolute atomic E-state index is 0.185. The number of aromatic nitrogens is 1. The molecule has 0 aliphatic carbocycles. The van der Waals surface area contributed by atoms with E-state index in [1.807, 2.05) is 12.1 Å². The lowest BCUT2D eigenvalue weighted by atomic mass is 10.1. The van der Waals surface area contributed by atoms with Crippen molar-refractivity contribution in [3.8, 4) is 0 Å². The van der Waals surface area contributed by atoms with Gasteiger partial charge in [-0.1, -0.05) is 0 Å². The molecule has 1 aliphatic heterocycles. The molecule has 0 unspecified atom stereocenters. The second kappa shape index (κ2) is 3.70. The smallest absolute Gasteiger partial charge is 0.102 e. The monoisotopic (exact) mass is 198 g/mol. The highest BCUT2D eigenvalue weighted by Gasteiger charge is 2.41. The first-order valence-electron chi connectivity index (χ1n) is 4.60. The van der Waals surface area contributed by atoms with E-state index in [0.717, 1.165) is 5.69 Å². The van der Waals surface area contributed by atoms with Crippen molar-refractivity contribution < 1.29 is 15.3 Å². The molecule has 1 aromatic rings. The molecule has 1 aromatic heterocycles. The summed E-state index contributed by atoms with van der Waals surface area (Å²) in [5.41, 5.74) is 0.813. The first kappa shape index (κ1) is 9.67. The summed E-state index contributed by atoms with van der Waals surface area (Å²) < 4.78 is 0. The van der Waals surface area contributed by atoms with Crippen molar-refractivity contribution in [2.45, 2.75) is 24.3 Å². The fraction of sp³-hybridized carbons (Fsp3) is 0.556. The van der Waals surface area contributed by atoms with Gasteiger partial charge in [0.1, 0.15) is 6.10 Å². The Morgan fingerprint density at radius 3 is 2.57 bits per heavy atom. The molecule has 14 heavy (non-hydrogen) atoms. The number of hydrogen-bond donors (Lipinski definition) is 5. The Morgan fingerprint density at radius 2 is 2.07 bits per heavy atom. The molecule has 4 atom stereocenters. The van der Waals surface area contributed by atoms with Crippen molar-refractivity contribution >= 4 is 0 Å². The third-order valence-electron chi connectivity index (χ3n) is 2.65. The largest absolute Gasteiger partial charge is 0.395 e. The predicted molar refractivity (Wildman–Crippen MR) is 49.6 cm³/mol. The number of hydrogen-bond acceptors (Lipinski definition) is 4. The van der Waals surface area contributed by atoms with Crippen LogP contribution in [0.4, 0.5) is 0 Å². The summed E-state index contributed by atoms with van der Waals surface area (Å²) in [6.07, 6.45) is -0.0540. The Morgan fingerprint density at radius 1 is 1.29 bits per heavy atom. The number of aliphatic hydroxyl groups excluding tert-OH is 3. The maximum atomic E-state index is 9.69. The van der Waals surface area contributed by atoms with Crippen molar-refractivity contribution in [3.63, 3.8) is 0 Å². The minimum Gasteiger partial charge on any atom is -0.395 e. The fourth-order valence-corrected chi connectivity index (χ4v) is 1.84. The van der Waals surface area contributed by atoms with Crippen molar-refractivity contribution in [3.05, 3.63) is 24.0 Å². The molecule has 2 rings (SSSR count). The van der Waals surface area contributed by atoms with Crippen LogP contribution in [0.5, 0.6) is 0 Å². The topological polar surface area (TPSA) is 88.5 Å². The van der Waals surface area contributed by atoms with Crippen LogP contribution in [0.15, 0.2) is 18.3 Å². The van der Waals surface area contributed by atoms with Crippen LogP contribution in [-0.2, 0) is 0 Å². The first-order valence-corrected chi connectivity index (χ1v) is 4.60. The molecule has 2 heterocycles. The highest BCUT2D eigenvalue weighted by molar-refractivity contribution is 5.15. The SMILES string of the molecule is OC[C@H]1N[C@H](c2ccc[nH]2)[C@H](O)[C@H]1O. The van der Waals surface area contributed by atoms with Crippen LogP contribution in [-0.4, -0.2) is 45.2 Å². The molecule has 0 amide bonds. The third-order valence-corrected chi connectivity index (χ3v) is 2.65. The van der Waals surface area contributed by atoms with Gasteiger partial charge in [0.25, 0.3) is 0 Å². The summed E-state index contributed by atoms with van der Waals surface area (Å²) in [4.78, 5) is 2.96. The van der Waals surface area contributed by atoms with Crippen molar-refractivity contribution in [1.29, 1.82) is 0 Å². The number of nitrogens with one attached hydrogen (secondary N) is 2. The van der Waals surface area contributed by atoms with Crippen LogP contribution in [0, 0.1) is 0 Å². The summed E-state index contributed by atoms with van der Waals surface area (Å²) >= 11 is 0. The average Bonchev–Trinajstić information content (AvgIpc) is 2.78. The van der Waals surface area contributed by atoms with E-state index in [4.69, 9.17) is 5.11 Å². The van der Waals surface area contributed by atoms with Gasteiger partial charge in [0.2, 0.25) is 0 Å². The highest BCUT2D eigenvalue weighted by Crippen LogP contribution is 2.26. The lowest BCUT2D eigenvalue weighted by Crippen LogP contribution is -2.35. The van der Waals surface area contributed by atoms with Crippen molar-refractivity contribution in [2.75, 3.05) is 6.61 Å². The molecule has 5 N–H and O–H groups in total. The second-order valence-corrected chi connectivity index (χ2v) is 3.54. The Bertz CT molecular complexity index is 288. The van der Waals surface area contributed by atoms with E-state index in [1.54, 1.807) is 6.20 Å². The maximum Gasteiger partial charge on any atom is 0.102 e. The van der Waals surface area contributed by atoms with Crippen molar-refractivity contribution in [1.82, 2.24) is 10.3 Å². The number of H-pyrrole nitrogens is 1. The number of rotatable bonds is 2. The lowest BCUT2D eigenvalue weighted by molar-refractivity contribution is 0.0191. The van der Waals surface area contributed by atoms with E-state index >= 15 is 0 Å². The fourth-order valence-electron chi connectivity index (χ4n) is 1.84. The van der Waals surface area contributed by atoms with Gasteiger partial charge >= 0.3 is 0 Å². The summed E-state index contributed by atoms with van der Waals surface area (Å²) in [5, 5.41) is 31.1. The van der Waals surface area contributed by atoms with Crippen LogP contribution >= 0.6 is 0 Å². The van der Waals surface area contributed by atoms with E-state index in [2.05, 4.69) is 10.3 Å². The van der Waals surface area contributed by atoms with Crippen LogP contribution < -0.4 is 5.32 Å². The summed E-state index contributed by atoms with van der Waals surface area (Å²) in [5.74, 6) is 0. The molecular weight excluding hydrogens is 184 g/mol. The quantitative estimate of drug-likeness (QED) is 0.410. The van der Waals surface area contributed by atoms with Gasteiger partial charge in [0.15, 0.2) is 0 Å². The van der Waals surface area contributed by atoms with E-state index in [1.165, 1.54) is 0 Å². The number of aromatic amines is 1. The Hall–Kier alpha value is -0.880.